The number of phenols is 2. The molecule has 0 aromatic heterocycles. The number of allylic oxidation sites excluding steroid dienone is 2. The summed E-state index contributed by atoms with van der Waals surface area (Å²) in [4.78, 5) is 0. The molecule has 0 aliphatic heterocycles. The highest BCUT2D eigenvalue weighted by Gasteiger charge is 2.42. The lowest BCUT2D eigenvalue weighted by molar-refractivity contribution is 0.223. The molecule has 2 unspecified atom stereocenters. The van der Waals surface area contributed by atoms with E-state index in [9.17, 15) is 10.2 Å². The molecular weight excluding hydrogens is 264 g/mol. The number of hydrogen-bond donors (Lipinski definition) is 2. The van der Waals surface area contributed by atoms with Crippen LogP contribution < -0.4 is 4.74 Å². The van der Waals surface area contributed by atoms with E-state index >= 15 is 0 Å². The molecule has 21 heavy (non-hydrogen) atoms. The number of fused-ring (bicyclic) bond motifs is 5. The van der Waals surface area contributed by atoms with E-state index in [0.717, 1.165) is 17.5 Å². The van der Waals surface area contributed by atoms with Crippen LogP contribution in [-0.2, 0) is 5.41 Å². The molecule has 2 atom stereocenters. The van der Waals surface area contributed by atoms with Gasteiger partial charge in [-0.25, -0.2) is 0 Å². The van der Waals surface area contributed by atoms with Crippen LogP contribution in [0.4, 0.5) is 0 Å². The van der Waals surface area contributed by atoms with Crippen LogP contribution in [0, 0.1) is 0 Å². The molecule has 0 fully saturated rings. The highest BCUT2D eigenvalue weighted by Crippen LogP contribution is 2.60. The van der Waals surface area contributed by atoms with Gasteiger partial charge in [-0.2, -0.15) is 0 Å². The van der Waals surface area contributed by atoms with Crippen molar-refractivity contribution in [3.05, 3.63) is 28.8 Å². The molecule has 1 aromatic carbocycles. The summed E-state index contributed by atoms with van der Waals surface area (Å²) in [6.45, 7) is 9.96. The number of hydrogen-bond acceptors (Lipinski definition) is 3. The lowest BCUT2D eigenvalue weighted by Crippen LogP contribution is -2.18. The predicted octanol–water partition coefficient (Wildman–Crippen LogP) is 4.32. The molecule has 1 aromatic rings. The van der Waals surface area contributed by atoms with Crippen molar-refractivity contribution in [2.24, 2.45) is 0 Å². The van der Waals surface area contributed by atoms with Crippen molar-refractivity contribution in [3.8, 4) is 17.2 Å². The third-order valence-corrected chi connectivity index (χ3v) is 4.41. The summed E-state index contributed by atoms with van der Waals surface area (Å²) in [5, 5.41) is 21.6. The Morgan fingerprint density at radius 1 is 1.05 bits per heavy atom. The molecule has 0 amide bonds. The molecule has 0 heterocycles. The summed E-state index contributed by atoms with van der Waals surface area (Å²) in [7, 11) is 0. The lowest BCUT2D eigenvalue weighted by Gasteiger charge is -2.29. The summed E-state index contributed by atoms with van der Waals surface area (Å²) in [6.07, 6.45) is 5.16. The number of phenolic OH excluding ortho intramolecular Hbond substituents is 2. The fourth-order valence-electron chi connectivity index (χ4n) is 3.66. The number of benzene rings is 1. The molecule has 114 valence electrons. The van der Waals surface area contributed by atoms with E-state index in [1.807, 2.05) is 34.6 Å². The highest BCUT2D eigenvalue weighted by atomic mass is 16.5. The summed E-state index contributed by atoms with van der Waals surface area (Å²) in [6, 6.07) is 0. The quantitative estimate of drug-likeness (QED) is 0.629. The molecule has 3 heteroatoms. The second kappa shape index (κ2) is 4.43. The van der Waals surface area contributed by atoms with Gasteiger partial charge in [-0.3, -0.25) is 0 Å². The van der Waals surface area contributed by atoms with Crippen LogP contribution >= 0.6 is 0 Å². The zero-order valence-corrected chi connectivity index (χ0v) is 13.4. The summed E-state index contributed by atoms with van der Waals surface area (Å²) in [5.41, 5.74) is 2.19. The first-order valence-corrected chi connectivity index (χ1v) is 7.69. The molecular formula is C18H24O3. The molecule has 2 aliphatic carbocycles. The van der Waals surface area contributed by atoms with Crippen LogP contribution in [0.1, 0.15) is 69.6 Å². The van der Waals surface area contributed by atoms with E-state index in [4.69, 9.17) is 4.74 Å². The maximum Gasteiger partial charge on any atom is 0.169 e. The predicted molar refractivity (Wildman–Crippen MR) is 83.5 cm³/mol. The van der Waals surface area contributed by atoms with Gasteiger partial charge in [-0.05, 0) is 25.7 Å². The van der Waals surface area contributed by atoms with Crippen LogP contribution in [0.15, 0.2) is 12.2 Å². The normalized spacial score (nSPS) is 23.0. The second-order valence-electron chi connectivity index (χ2n) is 7.48. The van der Waals surface area contributed by atoms with Crippen LogP contribution in [0.3, 0.4) is 0 Å². The van der Waals surface area contributed by atoms with Gasteiger partial charge in [0, 0.05) is 28.5 Å². The van der Waals surface area contributed by atoms with Gasteiger partial charge in [0.1, 0.15) is 5.75 Å². The Balaban J connectivity index is 2.30. The van der Waals surface area contributed by atoms with Gasteiger partial charge >= 0.3 is 0 Å². The van der Waals surface area contributed by atoms with E-state index in [1.165, 1.54) is 0 Å². The largest absolute Gasteiger partial charge is 0.507 e. The van der Waals surface area contributed by atoms with E-state index in [1.54, 1.807) is 0 Å². The Labute approximate surface area is 126 Å². The van der Waals surface area contributed by atoms with E-state index in [2.05, 4.69) is 12.2 Å². The standard InChI is InChI=1S/C18H24O3/c1-9(2)21-17-14(18(3,4)5)15(19)12-10-6-7-11(8-10)13(12)16(17)20/h6-7,9-11,19-20H,8H2,1-5H3. The van der Waals surface area contributed by atoms with Crippen molar-refractivity contribution in [1.29, 1.82) is 0 Å². The number of aromatic hydroxyl groups is 2. The Morgan fingerprint density at radius 2 is 1.57 bits per heavy atom. The van der Waals surface area contributed by atoms with Crippen molar-refractivity contribution in [2.45, 2.75) is 64.4 Å². The van der Waals surface area contributed by atoms with E-state index < -0.39 is 0 Å². The topological polar surface area (TPSA) is 49.7 Å². The first kappa shape index (κ1) is 14.3. The molecule has 3 nitrogen and oxygen atoms in total. The van der Waals surface area contributed by atoms with Crippen molar-refractivity contribution >= 4 is 0 Å². The zero-order chi connectivity index (χ0) is 15.5. The average molecular weight is 288 g/mol. The summed E-state index contributed by atoms with van der Waals surface area (Å²) < 4.78 is 5.88. The zero-order valence-electron chi connectivity index (χ0n) is 13.4. The van der Waals surface area contributed by atoms with Gasteiger partial charge in [0.2, 0.25) is 0 Å². The van der Waals surface area contributed by atoms with Crippen molar-refractivity contribution in [3.63, 3.8) is 0 Å². The molecule has 2 aliphatic rings. The molecule has 2 bridgehead atoms. The Bertz CT molecular complexity index is 621. The van der Waals surface area contributed by atoms with Gasteiger partial charge in [0.25, 0.3) is 0 Å². The van der Waals surface area contributed by atoms with Crippen LogP contribution in [0.2, 0.25) is 0 Å². The molecule has 3 rings (SSSR count). The average Bonchev–Trinajstić information content (AvgIpc) is 2.93. The maximum atomic E-state index is 10.9. The Hall–Kier alpha value is -1.64. The fraction of sp³-hybridized carbons (Fsp3) is 0.556. The lowest BCUT2D eigenvalue weighted by atomic mass is 9.81. The Kier molecular flexibility index (Phi) is 3.01. The molecule has 0 radical (unpaired) electrons. The van der Waals surface area contributed by atoms with Gasteiger partial charge in [-0.15, -0.1) is 0 Å². The Morgan fingerprint density at radius 3 is 2.05 bits per heavy atom. The van der Waals surface area contributed by atoms with E-state index in [0.29, 0.717) is 17.1 Å². The first-order chi connectivity index (χ1) is 9.71. The summed E-state index contributed by atoms with van der Waals surface area (Å²) >= 11 is 0. The van der Waals surface area contributed by atoms with Gasteiger partial charge < -0.3 is 14.9 Å². The van der Waals surface area contributed by atoms with E-state index in [-0.39, 0.29) is 29.1 Å². The molecule has 2 N–H and O–H groups in total. The van der Waals surface area contributed by atoms with Crippen LogP contribution in [-0.4, -0.2) is 16.3 Å². The van der Waals surface area contributed by atoms with Crippen molar-refractivity contribution < 1.29 is 14.9 Å². The van der Waals surface area contributed by atoms with Gasteiger partial charge in [0.05, 0.1) is 6.10 Å². The van der Waals surface area contributed by atoms with Crippen LogP contribution in [0.5, 0.6) is 17.2 Å². The minimum absolute atomic E-state index is 0.0522. The SMILES string of the molecule is CC(C)Oc1c(O)c2c(c(O)c1C(C)(C)C)C1C=CC2C1. The smallest absolute Gasteiger partial charge is 0.169 e. The van der Waals surface area contributed by atoms with Gasteiger partial charge in [0.15, 0.2) is 11.5 Å². The third-order valence-electron chi connectivity index (χ3n) is 4.41. The minimum atomic E-state index is -0.299. The van der Waals surface area contributed by atoms with Gasteiger partial charge in [-0.1, -0.05) is 32.9 Å². The molecule has 0 saturated heterocycles. The number of ether oxygens (including phenoxy) is 1. The first-order valence-electron chi connectivity index (χ1n) is 7.69. The highest BCUT2D eigenvalue weighted by molar-refractivity contribution is 5.70. The summed E-state index contributed by atoms with van der Waals surface area (Å²) in [5.74, 6) is 1.42. The van der Waals surface area contributed by atoms with Crippen LogP contribution in [0.25, 0.3) is 0 Å². The maximum absolute atomic E-state index is 10.9. The van der Waals surface area contributed by atoms with Crippen molar-refractivity contribution in [2.75, 3.05) is 0 Å². The third kappa shape index (κ3) is 2.02. The monoisotopic (exact) mass is 288 g/mol. The fourth-order valence-corrected chi connectivity index (χ4v) is 3.66. The molecule has 0 saturated carbocycles. The second-order valence-corrected chi connectivity index (χ2v) is 7.48. The van der Waals surface area contributed by atoms with Crippen molar-refractivity contribution in [1.82, 2.24) is 0 Å². The number of rotatable bonds is 2. The minimum Gasteiger partial charge on any atom is -0.507 e. The molecule has 0 spiro atoms.